The highest BCUT2D eigenvalue weighted by molar-refractivity contribution is 6.10. The van der Waals surface area contributed by atoms with Crippen LogP contribution < -0.4 is 10.9 Å². The summed E-state index contributed by atoms with van der Waals surface area (Å²) in [7, 11) is 0. The van der Waals surface area contributed by atoms with E-state index in [1.165, 1.54) is 19.3 Å². The lowest BCUT2D eigenvalue weighted by Gasteiger charge is -2.22. The monoisotopic (exact) mass is 297 g/mol. The van der Waals surface area contributed by atoms with Gasteiger partial charge in [0.2, 0.25) is 5.88 Å². The lowest BCUT2D eigenvalue weighted by molar-refractivity contribution is 0.448. The van der Waals surface area contributed by atoms with Crippen LogP contribution in [0.15, 0.2) is 37.9 Å². The van der Waals surface area contributed by atoms with Crippen LogP contribution in [-0.2, 0) is 0 Å². The predicted octanol–water partition coefficient (Wildman–Crippen LogP) is 4.59. The molecule has 1 saturated carbocycles. The number of nitrogens with one attached hydrogen (secondary N) is 1. The minimum atomic E-state index is -0.327. The fraction of sp³-hybridized carbons (Fsp3) is 0.389. The van der Waals surface area contributed by atoms with Gasteiger partial charge >= 0.3 is 5.63 Å². The molecule has 2 heterocycles. The second-order valence-corrected chi connectivity index (χ2v) is 6.10. The molecule has 0 atom stereocenters. The third kappa shape index (κ3) is 2.10. The lowest BCUT2D eigenvalue weighted by atomic mass is 9.95. The van der Waals surface area contributed by atoms with Crippen molar-refractivity contribution >= 4 is 27.6 Å². The molecule has 1 fully saturated rings. The molecule has 0 unspecified atom stereocenters. The summed E-state index contributed by atoms with van der Waals surface area (Å²) in [6.07, 6.45) is 6.11. The highest BCUT2D eigenvalue weighted by atomic mass is 16.4. The van der Waals surface area contributed by atoms with Gasteiger partial charge in [0, 0.05) is 11.4 Å². The zero-order valence-corrected chi connectivity index (χ0v) is 12.6. The van der Waals surface area contributed by atoms with Crippen molar-refractivity contribution in [3.05, 3.63) is 40.4 Å². The van der Waals surface area contributed by atoms with E-state index >= 15 is 0 Å². The second-order valence-electron chi connectivity index (χ2n) is 6.10. The lowest BCUT2D eigenvalue weighted by Crippen LogP contribution is -2.22. The highest BCUT2D eigenvalue weighted by Crippen LogP contribution is 2.35. The Balaban J connectivity index is 1.92. The van der Waals surface area contributed by atoms with E-state index in [1.54, 1.807) is 0 Å². The zero-order chi connectivity index (χ0) is 15.1. The number of anilines is 1. The Morgan fingerprint density at radius 3 is 2.64 bits per heavy atom. The Kier molecular flexibility index (Phi) is 3.17. The molecule has 0 radical (unpaired) electrons. The van der Waals surface area contributed by atoms with Gasteiger partial charge in [-0.15, -0.1) is 0 Å². The van der Waals surface area contributed by atoms with Gasteiger partial charge in [-0.05, 0) is 25.8 Å². The molecule has 4 heteroatoms. The number of hydrogen-bond acceptors (Lipinski definition) is 4. The maximum atomic E-state index is 12.3. The van der Waals surface area contributed by atoms with Crippen LogP contribution in [-0.4, -0.2) is 6.04 Å². The molecule has 4 nitrogen and oxygen atoms in total. The number of furan rings is 1. The van der Waals surface area contributed by atoms with Crippen molar-refractivity contribution in [3.8, 4) is 0 Å². The van der Waals surface area contributed by atoms with Crippen molar-refractivity contribution < 1.29 is 8.83 Å². The molecule has 0 bridgehead atoms. The standard InChI is InChI=1S/C18H19NO3/c1-11-15-16(13-9-5-6-10-14(13)22-18(15)20)17(21-11)19-12-7-3-2-4-8-12/h5-6,9-10,12,19H,2-4,7-8H2,1H3. The molecule has 114 valence electrons. The Morgan fingerprint density at radius 2 is 1.82 bits per heavy atom. The maximum absolute atomic E-state index is 12.3. The number of para-hydroxylation sites is 1. The summed E-state index contributed by atoms with van der Waals surface area (Å²) >= 11 is 0. The van der Waals surface area contributed by atoms with Crippen LogP contribution in [0.2, 0.25) is 0 Å². The Hall–Kier alpha value is -2.23. The Labute approximate surface area is 128 Å². The first-order valence-corrected chi connectivity index (χ1v) is 7.95. The molecule has 3 aromatic rings. The summed E-state index contributed by atoms with van der Waals surface area (Å²) in [6.45, 7) is 1.82. The first kappa shape index (κ1) is 13.4. The Bertz CT molecular complexity index is 884. The fourth-order valence-corrected chi connectivity index (χ4v) is 3.49. The van der Waals surface area contributed by atoms with Gasteiger partial charge in [0.15, 0.2) is 0 Å². The third-order valence-electron chi connectivity index (χ3n) is 4.59. The van der Waals surface area contributed by atoms with Crippen LogP contribution in [0, 0.1) is 6.92 Å². The number of fused-ring (bicyclic) bond motifs is 3. The van der Waals surface area contributed by atoms with E-state index in [9.17, 15) is 4.79 Å². The van der Waals surface area contributed by atoms with Gasteiger partial charge in [0.1, 0.15) is 16.7 Å². The third-order valence-corrected chi connectivity index (χ3v) is 4.59. The van der Waals surface area contributed by atoms with Gasteiger partial charge in [-0.3, -0.25) is 0 Å². The van der Waals surface area contributed by atoms with Gasteiger partial charge in [-0.25, -0.2) is 4.79 Å². The number of aryl methyl sites for hydroxylation is 1. The summed E-state index contributed by atoms with van der Waals surface area (Å²) in [5, 5.41) is 5.85. The molecule has 1 aromatic carbocycles. The molecule has 2 aromatic heterocycles. The van der Waals surface area contributed by atoms with Crippen LogP contribution in [0.3, 0.4) is 0 Å². The summed E-state index contributed by atoms with van der Waals surface area (Å²) in [5.41, 5.74) is 0.277. The molecule has 1 aliphatic rings. The van der Waals surface area contributed by atoms with Crippen molar-refractivity contribution in [1.29, 1.82) is 0 Å². The Morgan fingerprint density at radius 1 is 1.05 bits per heavy atom. The number of benzene rings is 1. The van der Waals surface area contributed by atoms with Crippen LogP contribution in [0.25, 0.3) is 21.7 Å². The quantitative estimate of drug-likeness (QED) is 0.703. The SMILES string of the molecule is Cc1oc(NC2CCCCC2)c2c1c(=O)oc1ccccc12. The average molecular weight is 297 g/mol. The van der Waals surface area contributed by atoms with Crippen LogP contribution in [0.1, 0.15) is 37.9 Å². The zero-order valence-electron chi connectivity index (χ0n) is 12.6. The van der Waals surface area contributed by atoms with Crippen molar-refractivity contribution in [1.82, 2.24) is 0 Å². The van der Waals surface area contributed by atoms with E-state index in [0.717, 1.165) is 23.6 Å². The summed E-state index contributed by atoms with van der Waals surface area (Å²) < 4.78 is 11.3. The van der Waals surface area contributed by atoms with Crippen LogP contribution >= 0.6 is 0 Å². The van der Waals surface area contributed by atoms with E-state index < -0.39 is 0 Å². The normalized spacial score (nSPS) is 16.4. The largest absolute Gasteiger partial charge is 0.444 e. The number of hydrogen-bond donors (Lipinski definition) is 1. The molecule has 0 aliphatic heterocycles. The summed E-state index contributed by atoms with van der Waals surface area (Å²) in [4.78, 5) is 12.3. The van der Waals surface area contributed by atoms with Gasteiger partial charge < -0.3 is 14.2 Å². The van der Waals surface area contributed by atoms with E-state index in [4.69, 9.17) is 8.83 Å². The molecule has 0 spiro atoms. The molecule has 4 rings (SSSR count). The topological polar surface area (TPSA) is 55.4 Å². The van der Waals surface area contributed by atoms with Crippen LogP contribution in [0.4, 0.5) is 5.88 Å². The van der Waals surface area contributed by atoms with Gasteiger partial charge in [-0.1, -0.05) is 37.5 Å². The van der Waals surface area contributed by atoms with Gasteiger partial charge in [0.25, 0.3) is 0 Å². The van der Waals surface area contributed by atoms with E-state index in [0.29, 0.717) is 28.7 Å². The second kappa shape index (κ2) is 5.20. The van der Waals surface area contributed by atoms with Crippen molar-refractivity contribution in [2.24, 2.45) is 0 Å². The number of rotatable bonds is 2. The summed E-state index contributed by atoms with van der Waals surface area (Å²) in [5.74, 6) is 1.33. The smallest absolute Gasteiger partial charge is 0.347 e. The molecule has 1 aliphatic carbocycles. The molecule has 0 saturated heterocycles. The van der Waals surface area contributed by atoms with E-state index in [1.807, 2.05) is 31.2 Å². The molecule has 0 amide bonds. The average Bonchev–Trinajstić information content (AvgIpc) is 2.86. The first-order chi connectivity index (χ1) is 10.7. The van der Waals surface area contributed by atoms with Crippen LogP contribution in [0.5, 0.6) is 0 Å². The minimum Gasteiger partial charge on any atom is -0.444 e. The van der Waals surface area contributed by atoms with E-state index in [-0.39, 0.29) is 5.63 Å². The maximum Gasteiger partial charge on any atom is 0.347 e. The van der Waals surface area contributed by atoms with Crippen molar-refractivity contribution in [2.45, 2.75) is 45.1 Å². The van der Waals surface area contributed by atoms with Gasteiger partial charge in [-0.2, -0.15) is 0 Å². The summed E-state index contributed by atoms with van der Waals surface area (Å²) in [6, 6.07) is 8.05. The molecule has 1 N–H and O–H groups in total. The van der Waals surface area contributed by atoms with Crippen molar-refractivity contribution in [2.75, 3.05) is 5.32 Å². The molecule has 22 heavy (non-hydrogen) atoms. The van der Waals surface area contributed by atoms with E-state index in [2.05, 4.69) is 5.32 Å². The molecular formula is C18H19NO3. The van der Waals surface area contributed by atoms with Gasteiger partial charge in [0.05, 0.1) is 5.39 Å². The molecular weight excluding hydrogens is 278 g/mol. The highest BCUT2D eigenvalue weighted by Gasteiger charge is 2.21. The van der Waals surface area contributed by atoms with Crippen molar-refractivity contribution in [3.63, 3.8) is 0 Å². The minimum absolute atomic E-state index is 0.327. The first-order valence-electron chi connectivity index (χ1n) is 7.95. The fourth-order valence-electron chi connectivity index (χ4n) is 3.49. The predicted molar refractivity (Wildman–Crippen MR) is 87.5 cm³/mol.